The lowest BCUT2D eigenvalue weighted by atomic mass is 9.75. The van der Waals surface area contributed by atoms with Crippen LogP contribution in [0.15, 0.2) is 42.9 Å². The quantitative estimate of drug-likeness (QED) is 0.451. The molecule has 5 atom stereocenters. The molecule has 0 unspecified atom stereocenters. The maximum atomic E-state index is 15.0. The topological polar surface area (TPSA) is 81.3 Å². The van der Waals surface area contributed by atoms with Crippen molar-refractivity contribution in [3.05, 3.63) is 65.4 Å². The van der Waals surface area contributed by atoms with Gasteiger partial charge < -0.3 is 15.4 Å². The number of pyridine rings is 2. The molecule has 2 aliphatic rings. The van der Waals surface area contributed by atoms with E-state index in [1.165, 1.54) is 6.07 Å². The van der Waals surface area contributed by atoms with Crippen LogP contribution in [0.5, 0.6) is 0 Å². The number of nitrogens with two attached hydrogens (primary N) is 1. The number of methoxy groups -OCH3 is 1. The first-order valence-corrected chi connectivity index (χ1v) is 13.4. The summed E-state index contributed by atoms with van der Waals surface area (Å²) in [5.74, 6) is 0.418. The number of carbonyl (C=O) groups is 1. The number of piperidine rings is 1. The Morgan fingerprint density at radius 2 is 2.00 bits per heavy atom. The Labute approximate surface area is 218 Å². The first-order chi connectivity index (χ1) is 17.8. The molecule has 2 fully saturated rings. The number of hydrogen-bond acceptors (Lipinski definition) is 6. The normalized spacial score (nSPS) is 26.4. The van der Waals surface area contributed by atoms with Crippen LogP contribution in [0.3, 0.4) is 0 Å². The zero-order chi connectivity index (χ0) is 26.1. The Kier molecular flexibility index (Phi) is 7.54. The fraction of sp³-hybridized carbons (Fsp3) is 0.500. The van der Waals surface area contributed by atoms with Crippen molar-refractivity contribution in [2.45, 2.75) is 76.5 Å². The van der Waals surface area contributed by atoms with Gasteiger partial charge in [-0.3, -0.25) is 14.8 Å². The van der Waals surface area contributed by atoms with E-state index in [0.29, 0.717) is 28.3 Å². The van der Waals surface area contributed by atoms with E-state index >= 15 is 0 Å². The number of halogens is 1. The molecule has 1 aliphatic carbocycles. The molecule has 7 heteroatoms. The molecule has 1 aliphatic heterocycles. The Morgan fingerprint density at radius 1 is 1.16 bits per heavy atom. The highest BCUT2D eigenvalue weighted by atomic mass is 19.1. The molecule has 1 saturated carbocycles. The van der Waals surface area contributed by atoms with Crippen molar-refractivity contribution < 1.29 is 13.9 Å². The summed E-state index contributed by atoms with van der Waals surface area (Å²) >= 11 is 0. The molecule has 3 aromatic rings. The van der Waals surface area contributed by atoms with Crippen LogP contribution in [0, 0.1) is 11.7 Å². The van der Waals surface area contributed by atoms with Crippen molar-refractivity contribution in [3.63, 3.8) is 0 Å². The van der Waals surface area contributed by atoms with E-state index in [0.717, 1.165) is 55.5 Å². The van der Waals surface area contributed by atoms with Crippen LogP contribution in [0.1, 0.15) is 73.4 Å². The minimum Gasteiger partial charge on any atom is -0.381 e. The van der Waals surface area contributed by atoms with Crippen LogP contribution in [-0.4, -0.2) is 47.6 Å². The molecule has 2 N–H and O–H groups in total. The van der Waals surface area contributed by atoms with Gasteiger partial charge in [0.15, 0.2) is 5.78 Å². The molecule has 196 valence electrons. The van der Waals surface area contributed by atoms with Crippen LogP contribution in [0.2, 0.25) is 0 Å². The van der Waals surface area contributed by atoms with E-state index in [9.17, 15) is 9.18 Å². The SMILES string of the molecule is CO[C@H]1CCN(c2cnc3c(C(=O)Cc4cnccc4[C@@H]4C[C@H](C)C[C@H](N)C4)ccc(F)c3c2)[C@H](C)C1. The molecule has 5 rings (SSSR count). The molecule has 37 heavy (non-hydrogen) atoms. The van der Waals surface area contributed by atoms with Gasteiger partial charge in [0, 0.05) is 55.5 Å². The van der Waals surface area contributed by atoms with Gasteiger partial charge in [-0.05, 0) is 86.3 Å². The zero-order valence-corrected chi connectivity index (χ0v) is 22.0. The highest BCUT2D eigenvalue weighted by Gasteiger charge is 2.29. The molecule has 1 saturated heterocycles. The predicted molar refractivity (Wildman–Crippen MR) is 145 cm³/mol. The number of aromatic nitrogens is 2. The number of rotatable bonds is 6. The van der Waals surface area contributed by atoms with Crippen LogP contribution in [-0.2, 0) is 11.2 Å². The highest BCUT2D eigenvalue weighted by Crippen LogP contribution is 2.37. The fourth-order valence-corrected chi connectivity index (χ4v) is 6.45. The average Bonchev–Trinajstić information content (AvgIpc) is 2.88. The molecule has 0 spiro atoms. The van der Waals surface area contributed by atoms with E-state index in [2.05, 4.69) is 28.7 Å². The van der Waals surface area contributed by atoms with Gasteiger partial charge in [0.05, 0.1) is 23.5 Å². The fourth-order valence-electron chi connectivity index (χ4n) is 6.45. The minimum absolute atomic E-state index is 0.0815. The van der Waals surface area contributed by atoms with Crippen molar-refractivity contribution in [2.24, 2.45) is 11.7 Å². The van der Waals surface area contributed by atoms with Gasteiger partial charge in [0.25, 0.3) is 0 Å². The lowest BCUT2D eigenvalue weighted by molar-refractivity contribution is 0.0721. The molecular formula is C30H37FN4O2. The third kappa shape index (κ3) is 5.39. The smallest absolute Gasteiger partial charge is 0.169 e. The third-order valence-electron chi connectivity index (χ3n) is 8.29. The number of fused-ring (bicyclic) bond motifs is 1. The maximum absolute atomic E-state index is 15.0. The largest absolute Gasteiger partial charge is 0.381 e. The Balaban J connectivity index is 1.42. The van der Waals surface area contributed by atoms with Crippen molar-refractivity contribution >= 4 is 22.4 Å². The molecular weight excluding hydrogens is 467 g/mol. The summed E-state index contributed by atoms with van der Waals surface area (Å²) in [7, 11) is 1.75. The van der Waals surface area contributed by atoms with E-state index < -0.39 is 0 Å². The Morgan fingerprint density at radius 3 is 2.76 bits per heavy atom. The van der Waals surface area contributed by atoms with Crippen LogP contribution >= 0.6 is 0 Å². The number of ether oxygens (including phenoxy) is 1. The lowest BCUT2D eigenvalue weighted by Crippen LogP contribution is -2.43. The number of nitrogens with zero attached hydrogens (tertiary/aromatic N) is 3. The van der Waals surface area contributed by atoms with Crippen molar-refractivity contribution in [1.29, 1.82) is 0 Å². The number of carbonyl (C=O) groups excluding carboxylic acids is 1. The molecule has 0 radical (unpaired) electrons. The van der Waals surface area contributed by atoms with Crippen LogP contribution in [0.25, 0.3) is 10.9 Å². The molecule has 3 heterocycles. The summed E-state index contributed by atoms with van der Waals surface area (Å²) < 4.78 is 20.5. The van der Waals surface area contributed by atoms with Crippen LogP contribution in [0.4, 0.5) is 10.1 Å². The van der Waals surface area contributed by atoms with Gasteiger partial charge in [-0.25, -0.2) is 4.39 Å². The Bertz CT molecular complexity index is 1270. The second-order valence-electron chi connectivity index (χ2n) is 11.1. The molecule has 0 bridgehead atoms. The summed E-state index contributed by atoms with van der Waals surface area (Å²) in [6, 6.07) is 7.23. The summed E-state index contributed by atoms with van der Waals surface area (Å²) in [4.78, 5) is 24.7. The summed E-state index contributed by atoms with van der Waals surface area (Å²) in [6.45, 7) is 5.21. The predicted octanol–water partition coefficient (Wildman–Crippen LogP) is 5.43. The van der Waals surface area contributed by atoms with Gasteiger partial charge in [-0.15, -0.1) is 0 Å². The average molecular weight is 505 g/mol. The summed E-state index contributed by atoms with van der Waals surface area (Å²) in [5.41, 5.74) is 10.1. The summed E-state index contributed by atoms with van der Waals surface area (Å²) in [6.07, 6.45) is 10.6. The highest BCUT2D eigenvalue weighted by molar-refractivity contribution is 6.08. The van der Waals surface area contributed by atoms with E-state index in [4.69, 9.17) is 10.5 Å². The number of ketones is 1. The van der Waals surface area contributed by atoms with E-state index in [1.807, 2.05) is 12.1 Å². The van der Waals surface area contributed by atoms with Crippen molar-refractivity contribution in [2.75, 3.05) is 18.6 Å². The zero-order valence-electron chi connectivity index (χ0n) is 22.0. The molecule has 6 nitrogen and oxygen atoms in total. The first-order valence-electron chi connectivity index (χ1n) is 13.4. The number of benzene rings is 1. The summed E-state index contributed by atoms with van der Waals surface area (Å²) in [5, 5.41) is 0.378. The van der Waals surface area contributed by atoms with Gasteiger partial charge in [-0.2, -0.15) is 0 Å². The van der Waals surface area contributed by atoms with Gasteiger partial charge in [-0.1, -0.05) is 6.92 Å². The molecule has 0 amide bonds. The standard InChI is InChI=1S/C30H37FN4O2/c1-18-10-20(13-22(32)11-18)25-6-8-33-16-21(25)14-29(36)26-4-5-28(31)27-15-23(17-34-30(26)27)35-9-7-24(37-3)12-19(35)2/h4-6,8,15-20,22,24H,7,9-14,32H2,1-3H3/t18-,19+,20+,22-,24-/m0/s1. The number of anilines is 1. The van der Waals surface area contributed by atoms with Gasteiger partial charge in [0.1, 0.15) is 5.82 Å². The number of hydrogen-bond donors (Lipinski definition) is 1. The maximum Gasteiger partial charge on any atom is 0.169 e. The van der Waals surface area contributed by atoms with Gasteiger partial charge >= 0.3 is 0 Å². The van der Waals surface area contributed by atoms with E-state index in [-0.39, 0.29) is 36.2 Å². The third-order valence-corrected chi connectivity index (χ3v) is 8.29. The second-order valence-corrected chi connectivity index (χ2v) is 11.1. The van der Waals surface area contributed by atoms with Crippen LogP contribution < -0.4 is 10.6 Å². The van der Waals surface area contributed by atoms with Gasteiger partial charge in [0.2, 0.25) is 0 Å². The second kappa shape index (κ2) is 10.8. The van der Waals surface area contributed by atoms with E-state index in [1.54, 1.807) is 31.8 Å². The molecule has 1 aromatic carbocycles. The van der Waals surface area contributed by atoms with Crippen molar-refractivity contribution in [1.82, 2.24) is 9.97 Å². The minimum atomic E-state index is -0.368. The molecule has 2 aromatic heterocycles. The monoisotopic (exact) mass is 504 g/mol. The Hall–Kier alpha value is -2.90. The van der Waals surface area contributed by atoms with Crippen molar-refractivity contribution in [3.8, 4) is 0 Å². The number of Topliss-reactive ketones (excluding diaryl/α,β-unsaturated/α-hetero) is 1. The first kappa shape index (κ1) is 25.7. The lowest BCUT2D eigenvalue weighted by Gasteiger charge is -2.38.